The number of anilines is 1. The van der Waals surface area contributed by atoms with E-state index >= 15 is 0 Å². The highest BCUT2D eigenvalue weighted by Crippen LogP contribution is 2.15. The first-order valence-corrected chi connectivity index (χ1v) is 8.64. The van der Waals surface area contributed by atoms with E-state index in [2.05, 4.69) is 5.32 Å². The molecule has 0 spiro atoms. The van der Waals surface area contributed by atoms with Gasteiger partial charge in [-0.1, -0.05) is 13.3 Å². The fourth-order valence-corrected chi connectivity index (χ4v) is 2.27. The van der Waals surface area contributed by atoms with Gasteiger partial charge in [0.05, 0.1) is 6.54 Å². The van der Waals surface area contributed by atoms with Gasteiger partial charge in [-0.2, -0.15) is 0 Å². The highest BCUT2D eigenvalue weighted by molar-refractivity contribution is 6.01. The molecule has 0 aromatic heterocycles. The zero-order chi connectivity index (χ0) is 20.6. The maximum atomic E-state index is 13.1. The largest absolute Gasteiger partial charge is 0.382 e. The lowest BCUT2D eigenvalue weighted by molar-refractivity contribution is -0.132. The van der Waals surface area contributed by atoms with E-state index in [1.807, 2.05) is 6.92 Å². The van der Waals surface area contributed by atoms with Crippen molar-refractivity contribution in [2.75, 3.05) is 32.1 Å². The molecule has 1 aromatic carbocycles. The molecule has 0 aliphatic rings. The molecule has 0 radical (unpaired) electrons. The second-order valence-corrected chi connectivity index (χ2v) is 6.36. The van der Waals surface area contributed by atoms with Gasteiger partial charge in [0.2, 0.25) is 11.8 Å². The quantitative estimate of drug-likeness (QED) is 0.532. The smallest absolute Gasteiger partial charge is 0.250 e. The predicted octanol–water partition coefficient (Wildman–Crippen LogP) is 0.273. The number of nitrogens with two attached hydrogens (primary N) is 1. The van der Waals surface area contributed by atoms with Crippen molar-refractivity contribution in [3.05, 3.63) is 30.1 Å². The van der Waals surface area contributed by atoms with Crippen LogP contribution < -0.4 is 16.0 Å². The van der Waals surface area contributed by atoms with E-state index in [1.54, 1.807) is 14.1 Å². The average molecular weight is 419 g/mol. The Morgan fingerprint density at radius 1 is 1.18 bits per heavy atom. The Hall–Kier alpha value is -2.23. The molecule has 0 saturated heterocycles. The molecule has 8 nitrogen and oxygen atoms in total. The summed E-state index contributed by atoms with van der Waals surface area (Å²) in [6.07, 6.45) is -0.266. The number of hydrogen-bond donors (Lipinski definition) is 3. The highest BCUT2D eigenvalue weighted by atomic mass is 35.5. The minimum Gasteiger partial charge on any atom is -0.382 e. The van der Waals surface area contributed by atoms with Crippen LogP contribution in [-0.4, -0.2) is 67.1 Å². The number of nitrogens with one attached hydrogen (secondary N) is 1. The van der Waals surface area contributed by atoms with E-state index in [-0.39, 0.29) is 24.9 Å². The van der Waals surface area contributed by atoms with Crippen LogP contribution in [0.1, 0.15) is 19.8 Å². The summed E-state index contributed by atoms with van der Waals surface area (Å²) in [5, 5.41) is 12.2. The third-order valence-electron chi connectivity index (χ3n) is 3.94. The number of aliphatic hydroxyl groups excluding tert-OH is 1. The van der Waals surface area contributed by atoms with Crippen LogP contribution in [0.5, 0.6) is 0 Å². The summed E-state index contributed by atoms with van der Waals surface area (Å²) in [4.78, 5) is 39.0. The third-order valence-corrected chi connectivity index (χ3v) is 3.94. The van der Waals surface area contributed by atoms with E-state index < -0.39 is 36.3 Å². The van der Waals surface area contributed by atoms with Gasteiger partial charge in [0, 0.05) is 25.8 Å². The number of likely N-dealkylation sites (N-methyl/N-ethyl adjacent to an activating group) is 1. The van der Waals surface area contributed by atoms with Gasteiger partial charge in [0.15, 0.2) is 0 Å². The molecule has 158 valence electrons. The van der Waals surface area contributed by atoms with Crippen LogP contribution in [0.25, 0.3) is 0 Å². The van der Waals surface area contributed by atoms with Crippen molar-refractivity contribution in [2.45, 2.75) is 31.9 Å². The summed E-state index contributed by atoms with van der Waals surface area (Å²) >= 11 is 0. The number of aliphatic hydroxyl groups is 1. The van der Waals surface area contributed by atoms with Crippen molar-refractivity contribution in [1.29, 1.82) is 0 Å². The molecule has 0 saturated carbocycles. The Balaban J connectivity index is 0.00000729. The van der Waals surface area contributed by atoms with Crippen molar-refractivity contribution >= 4 is 35.8 Å². The molecule has 0 bridgehead atoms. The lowest BCUT2D eigenvalue weighted by Gasteiger charge is -2.25. The molecule has 10 heteroatoms. The minimum absolute atomic E-state index is 0. The van der Waals surface area contributed by atoms with Crippen LogP contribution >= 0.6 is 12.4 Å². The van der Waals surface area contributed by atoms with Crippen molar-refractivity contribution < 1.29 is 23.9 Å². The Kier molecular flexibility index (Phi) is 11.3. The molecule has 2 atom stereocenters. The van der Waals surface area contributed by atoms with Crippen molar-refractivity contribution in [3.8, 4) is 0 Å². The van der Waals surface area contributed by atoms with Gasteiger partial charge in [-0.25, -0.2) is 4.39 Å². The van der Waals surface area contributed by atoms with Crippen molar-refractivity contribution in [1.82, 2.24) is 10.2 Å². The first-order chi connectivity index (χ1) is 12.7. The Labute approximate surface area is 170 Å². The number of nitrogens with zero attached hydrogens (tertiary/aromatic N) is 2. The molecule has 1 aromatic rings. The first kappa shape index (κ1) is 25.8. The first-order valence-electron chi connectivity index (χ1n) is 8.64. The van der Waals surface area contributed by atoms with E-state index in [0.29, 0.717) is 18.5 Å². The van der Waals surface area contributed by atoms with Gasteiger partial charge >= 0.3 is 0 Å². The van der Waals surface area contributed by atoms with Crippen LogP contribution in [0, 0.1) is 5.82 Å². The summed E-state index contributed by atoms with van der Waals surface area (Å²) in [5.74, 6) is -2.17. The Morgan fingerprint density at radius 3 is 2.25 bits per heavy atom. The summed E-state index contributed by atoms with van der Waals surface area (Å²) in [7, 11) is 3.09. The third kappa shape index (κ3) is 7.79. The second-order valence-electron chi connectivity index (χ2n) is 6.36. The molecular weight excluding hydrogens is 391 g/mol. The number of hydrogen-bond acceptors (Lipinski definition) is 5. The SMILES string of the molecule is CCC[C@H](N)C(O)C(=O)NCC(=O)N(CC(=O)N(C)C)c1ccc(F)cc1.Cl. The number of halogens is 2. The standard InChI is InChI=1S/C18H27FN4O4.ClH/c1-4-5-14(20)17(26)18(27)21-10-15(24)23(11-16(25)22(2)3)13-8-6-12(19)7-9-13;/h6-9,14,17,26H,4-5,10-11,20H2,1-3H3,(H,21,27);1H/t14-,17?;/m0./s1. The van der Waals surface area contributed by atoms with Crippen LogP contribution in [0.2, 0.25) is 0 Å². The van der Waals surface area contributed by atoms with Crippen LogP contribution in [0.3, 0.4) is 0 Å². The van der Waals surface area contributed by atoms with E-state index in [9.17, 15) is 23.9 Å². The molecule has 0 heterocycles. The summed E-state index contributed by atoms with van der Waals surface area (Å²) in [6, 6.07) is 4.34. The van der Waals surface area contributed by atoms with Gasteiger partial charge < -0.3 is 26.0 Å². The molecule has 28 heavy (non-hydrogen) atoms. The topological polar surface area (TPSA) is 116 Å². The van der Waals surface area contributed by atoms with Crippen LogP contribution in [0.4, 0.5) is 10.1 Å². The fourth-order valence-electron chi connectivity index (χ4n) is 2.27. The number of rotatable bonds is 9. The van der Waals surface area contributed by atoms with E-state index in [4.69, 9.17) is 5.73 Å². The number of benzene rings is 1. The normalized spacial score (nSPS) is 12.4. The van der Waals surface area contributed by atoms with Crippen molar-refractivity contribution in [3.63, 3.8) is 0 Å². The highest BCUT2D eigenvalue weighted by Gasteiger charge is 2.25. The van der Waals surface area contributed by atoms with Gasteiger partial charge in [-0.05, 0) is 30.7 Å². The molecule has 0 aliphatic carbocycles. The van der Waals surface area contributed by atoms with Gasteiger partial charge in [-0.15, -0.1) is 12.4 Å². The minimum atomic E-state index is -1.43. The van der Waals surface area contributed by atoms with E-state index in [1.165, 1.54) is 29.2 Å². The van der Waals surface area contributed by atoms with Gasteiger partial charge in [0.25, 0.3) is 5.91 Å². The molecular formula is C18H28ClFN4O4. The van der Waals surface area contributed by atoms with E-state index in [0.717, 1.165) is 4.90 Å². The summed E-state index contributed by atoms with van der Waals surface area (Å²) < 4.78 is 13.1. The predicted molar refractivity (Wildman–Crippen MR) is 107 cm³/mol. The Morgan fingerprint density at radius 2 is 1.75 bits per heavy atom. The molecule has 1 unspecified atom stereocenters. The second kappa shape index (κ2) is 12.3. The lowest BCUT2D eigenvalue weighted by Crippen LogP contribution is -2.50. The number of carbonyl (C=O) groups excluding carboxylic acids is 3. The lowest BCUT2D eigenvalue weighted by atomic mass is 10.1. The molecule has 1 rings (SSSR count). The molecule has 0 fully saturated rings. The zero-order valence-electron chi connectivity index (χ0n) is 16.2. The maximum Gasteiger partial charge on any atom is 0.250 e. The molecule has 0 aliphatic heterocycles. The average Bonchev–Trinajstić information content (AvgIpc) is 2.63. The maximum absolute atomic E-state index is 13.1. The number of carbonyl (C=O) groups is 3. The van der Waals surface area contributed by atoms with Crippen LogP contribution in [0.15, 0.2) is 24.3 Å². The summed E-state index contributed by atoms with van der Waals surface area (Å²) in [5.41, 5.74) is 6.02. The molecule has 4 N–H and O–H groups in total. The van der Waals surface area contributed by atoms with Gasteiger partial charge in [-0.3, -0.25) is 14.4 Å². The molecule has 3 amide bonds. The fraction of sp³-hybridized carbons (Fsp3) is 0.500. The number of amides is 3. The zero-order valence-corrected chi connectivity index (χ0v) is 17.0. The Bertz CT molecular complexity index is 657. The van der Waals surface area contributed by atoms with Crippen LogP contribution in [-0.2, 0) is 14.4 Å². The van der Waals surface area contributed by atoms with Gasteiger partial charge in [0.1, 0.15) is 18.5 Å². The summed E-state index contributed by atoms with van der Waals surface area (Å²) in [6.45, 7) is 1.16. The van der Waals surface area contributed by atoms with Crippen molar-refractivity contribution in [2.24, 2.45) is 5.73 Å². The monoisotopic (exact) mass is 418 g/mol.